The van der Waals surface area contributed by atoms with Crippen molar-refractivity contribution < 1.29 is 14.3 Å². The molecule has 0 aliphatic rings. The third-order valence-corrected chi connectivity index (χ3v) is 3.21. The number of benzene rings is 2. The molecule has 0 aliphatic heterocycles. The summed E-state index contributed by atoms with van der Waals surface area (Å²) in [6.45, 7) is 2.81. The van der Waals surface area contributed by atoms with E-state index in [1.54, 1.807) is 31.4 Å². The second kappa shape index (κ2) is 8.08. The highest BCUT2D eigenvalue weighted by Crippen LogP contribution is 2.19. The van der Waals surface area contributed by atoms with Crippen molar-refractivity contribution in [2.24, 2.45) is 0 Å². The van der Waals surface area contributed by atoms with Gasteiger partial charge in [0.1, 0.15) is 11.5 Å². The Morgan fingerprint density at radius 2 is 1.86 bits per heavy atom. The number of methoxy groups -OCH3 is 1. The maximum Gasteiger partial charge on any atom is 0.255 e. The Hall–Kier alpha value is -2.49. The minimum atomic E-state index is -0.159. The lowest BCUT2D eigenvalue weighted by molar-refractivity contribution is 0.102. The Labute approximate surface area is 131 Å². The Bertz CT molecular complexity index is 608. The van der Waals surface area contributed by atoms with Crippen LogP contribution in [0, 0.1) is 0 Å². The average Bonchev–Trinajstić information content (AvgIpc) is 2.55. The van der Waals surface area contributed by atoms with Gasteiger partial charge in [-0.2, -0.15) is 0 Å². The number of amides is 1. The Morgan fingerprint density at radius 3 is 2.55 bits per heavy atom. The van der Waals surface area contributed by atoms with Crippen LogP contribution < -0.4 is 14.8 Å². The molecule has 0 saturated carbocycles. The number of carbonyl (C=O) groups excluding carboxylic acids is 1. The normalized spacial score (nSPS) is 10.1. The first-order chi connectivity index (χ1) is 10.7. The van der Waals surface area contributed by atoms with Gasteiger partial charge in [-0.1, -0.05) is 19.4 Å². The highest BCUT2D eigenvalue weighted by atomic mass is 16.5. The molecule has 4 nitrogen and oxygen atoms in total. The average molecular weight is 299 g/mol. The van der Waals surface area contributed by atoms with Crippen LogP contribution in [0.4, 0.5) is 5.69 Å². The Balaban J connectivity index is 1.99. The van der Waals surface area contributed by atoms with E-state index in [0.29, 0.717) is 12.2 Å². The topological polar surface area (TPSA) is 47.6 Å². The molecule has 0 radical (unpaired) electrons. The van der Waals surface area contributed by atoms with Crippen LogP contribution in [-0.4, -0.2) is 19.6 Å². The molecule has 2 aromatic carbocycles. The highest BCUT2D eigenvalue weighted by Gasteiger charge is 2.07. The van der Waals surface area contributed by atoms with E-state index in [1.807, 2.05) is 24.3 Å². The fourth-order valence-corrected chi connectivity index (χ4v) is 1.94. The van der Waals surface area contributed by atoms with Crippen molar-refractivity contribution in [3.63, 3.8) is 0 Å². The highest BCUT2D eigenvalue weighted by molar-refractivity contribution is 6.04. The molecule has 4 heteroatoms. The summed E-state index contributed by atoms with van der Waals surface area (Å²) in [5, 5.41) is 2.87. The van der Waals surface area contributed by atoms with Crippen molar-refractivity contribution in [1.29, 1.82) is 0 Å². The molecule has 0 unspecified atom stereocenters. The van der Waals surface area contributed by atoms with Crippen LogP contribution in [0.15, 0.2) is 48.5 Å². The largest absolute Gasteiger partial charge is 0.497 e. The summed E-state index contributed by atoms with van der Waals surface area (Å²) in [4.78, 5) is 12.2. The van der Waals surface area contributed by atoms with Crippen LogP contribution >= 0.6 is 0 Å². The number of hydrogen-bond acceptors (Lipinski definition) is 3. The summed E-state index contributed by atoms with van der Waals surface area (Å²) in [7, 11) is 1.60. The summed E-state index contributed by atoms with van der Waals surface area (Å²) in [5.74, 6) is 1.33. The van der Waals surface area contributed by atoms with Gasteiger partial charge in [0.05, 0.1) is 13.7 Å². The second-order valence-electron chi connectivity index (χ2n) is 4.91. The zero-order valence-corrected chi connectivity index (χ0v) is 13.0. The molecule has 0 aliphatic carbocycles. The minimum Gasteiger partial charge on any atom is -0.497 e. The zero-order valence-electron chi connectivity index (χ0n) is 13.0. The lowest BCUT2D eigenvalue weighted by Gasteiger charge is -2.09. The van der Waals surface area contributed by atoms with Gasteiger partial charge in [-0.05, 0) is 42.8 Å². The van der Waals surface area contributed by atoms with Gasteiger partial charge in [-0.25, -0.2) is 0 Å². The quantitative estimate of drug-likeness (QED) is 0.782. The molecule has 2 rings (SSSR count). The van der Waals surface area contributed by atoms with Crippen LogP contribution in [-0.2, 0) is 0 Å². The van der Waals surface area contributed by atoms with Gasteiger partial charge in [0.15, 0.2) is 0 Å². The lowest BCUT2D eigenvalue weighted by Crippen LogP contribution is -2.11. The fraction of sp³-hybridized carbons (Fsp3) is 0.278. The van der Waals surface area contributed by atoms with Crippen molar-refractivity contribution in [2.75, 3.05) is 19.0 Å². The zero-order chi connectivity index (χ0) is 15.8. The van der Waals surface area contributed by atoms with Crippen LogP contribution in [0.1, 0.15) is 30.1 Å². The third-order valence-electron chi connectivity index (χ3n) is 3.21. The molecule has 116 valence electrons. The first kappa shape index (κ1) is 15.9. The molecular formula is C18H21NO3. The van der Waals surface area contributed by atoms with Crippen molar-refractivity contribution >= 4 is 11.6 Å². The number of anilines is 1. The van der Waals surface area contributed by atoms with E-state index in [9.17, 15) is 4.79 Å². The predicted molar refractivity (Wildman–Crippen MR) is 87.8 cm³/mol. The minimum absolute atomic E-state index is 0.159. The van der Waals surface area contributed by atoms with Crippen LogP contribution in [0.3, 0.4) is 0 Å². The number of rotatable bonds is 7. The van der Waals surface area contributed by atoms with Crippen molar-refractivity contribution in [3.8, 4) is 11.5 Å². The van der Waals surface area contributed by atoms with Gasteiger partial charge in [-0.3, -0.25) is 4.79 Å². The predicted octanol–water partition coefficient (Wildman–Crippen LogP) is 4.13. The van der Waals surface area contributed by atoms with E-state index in [0.717, 1.165) is 30.0 Å². The van der Waals surface area contributed by atoms with E-state index >= 15 is 0 Å². The number of hydrogen-bond donors (Lipinski definition) is 1. The maximum atomic E-state index is 12.2. The fourth-order valence-electron chi connectivity index (χ4n) is 1.94. The molecule has 2 aromatic rings. The van der Waals surface area contributed by atoms with Gasteiger partial charge in [0.2, 0.25) is 0 Å². The number of nitrogens with one attached hydrogen (secondary N) is 1. The smallest absolute Gasteiger partial charge is 0.255 e. The van der Waals surface area contributed by atoms with Crippen LogP contribution in [0.5, 0.6) is 11.5 Å². The van der Waals surface area contributed by atoms with E-state index in [-0.39, 0.29) is 5.91 Å². The molecule has 0 aromatic heterocycles. The lowest BCUT2D eigenvalue weighted by atomic mass is 10.2. The van der Waals surface area contributed by atoms with Crippen LogP contribution in [0.25, 0.3) is 0 Å². The second-order valence-corrected chi connectivity index (χ2v) is 4.91. The molecule has 0 spiro atoms. The first-order valence-electron chi connectivity index (χ1n) is 7.41. The molecular weight excluding hydrogens is 278 g/mol. The van der Waals surface area contributed by atoms with E-state index in [1.165, 1.54) is 0 Å². The monoisotopic (exact) mass is 299 g/mol. The summed E-state index contributed by atoms with van der Waals surface area (Å²) < 4.78 is 10.7. The van der Waals surface area contributed by atoms with Gasteiger partial charge < -0.3 is 14.8 Å². The summed E-state index contributed by atoms with van der Waals surface area (Å²) in [6, 6.07) is 14.4. The molecule has 22 heavy (non-hydrogen) atoms. The summed E-state index contributed by atoms with van der Waals surface area (Å²) >= 11 is 0. The SMILES string of the molecule is CCCCOc1cccc(NC(=O)c2ccc(OC)cc2)c1. The van der Waals surface area contributed by atoms with Crippen molar-refractivity contribution in [2.45, 2.75) is 19.8 Å². The van der Waals surface area contributed by atoms with E-state index in [2.05, 4.69) is 12.2 Å². The van der Waals surface area contributed by atoms with Crippen molar-refractivity contribution in [1.82, 2.24) is 0 Å². The third kappa shape index (κ3) is 4.52. The Morgan fingerprint density at radius 1 is 1.09 bits per heavy atom. The number of carbonyl (C=O) groups is 1. The number of unbranched alkanes of at least 4 members (excludes halogenated alkanes) is 1. The van der Waals surface area contributed by atoms with Gasteiger partial charge in [0, 0.05) is 17.3 Å². The molecule has 0 saturated heterocycles. The molecule has 0 bridgehead atoms. The molecule has 0 atom stereocenters. The van der Waals surface area contributed by atoms with Gasteiger partial charge in [0.25, 0.3) is 5.91 Å². The maximum absolute atomic E-state index is 12.2. The molecule has 1 N–H and O–H groups in total. The van der Waals surface area contributed by atoms with Crippen LogP contribution in [0.2, 0.25) is 0 Å². The van der Waals surface area contributed by atoms with Gasteiger partial charge in [-0.15, -0.1) is 0 Å². The summed E-state index contributed by atoms with van der Waals surface area (Å²) in [6.07, 6.45) is 2.11. The summed E-state index contributed by atoms with van der Waals surface area (Å²) in [5.41, 5.74) is 1.30. The molecule has 0 fully saturated rings. The number of ether oxygens (including phenoxy) is 2. The van der Waals surface area contributed by atoms with Crippen molar-refractivity contribution in [3.05, 3.63) is 54.1 Å². The first-order valence-corrected chi connectivity index (χ1v) is 7.41. The van der Waals surface area contributed by atoms with E-state index in [4.69, 9.17) is 9.47 Å². The van der Waals surface area contributed by atoms with E-state index < -0.39 is 0 Å². The Kier molecular flexibility index (Phi) is 5.83. The standard InChI is InChI=1S/C18H21NO3/c1-3-4-12-22-17-7-5-6-15(13-17)19-18(20)14-8-10-16(21-2)11-9-14/h5-11,13H,3-4,12H2,1-2H3,(H,19,20). The molecule has 0 heterocycles. The molecule has 1 amide bonds. The van der Waals surface area contributed by atoms with Gasteiger partial charge >= 0.3 is 0 Å².